The Bertz CT molecular complexity index is 343. The molecular weight excluding hydrogens is 244 g/mol. The van der Waals surface area contributed by atoms with Crippen molar-refractivity contribution in [3.63, 3.8) is 0 Å². The molecule has 17 heavy (non-hydrogen) atoms. The van der Waals surface area contributed by atoms with Crippen LogP contribution in [0.4, 0.5) is 0 Å². The molecule has 1 rings (SSSR count). The zero-order chi connectivity index (χ0) is 12.3. The monoisotopic (exact) mass is 262 g/mol. The maximum atomic E-state index is 11.7. The summed E-state index contributed by atoms with van der Waals surface area (Å²) in [5, 5.41) is 5.10. The van der Waals surface area contributed by atoms with Gasteiger partial charge in [0.2, 0.25) is 0 Å². The van der Waals surface area contributed by atoms with E-state index in [-0.39, 0.29) is 24.2 Å². The minimum Gasteiger partial charge on any atom is -0.354 e. The molecule has 1 heterocycles. The van der Waals surface area contributed by atoms with Gasteiger partial charge in [-0.2, -0.15) is 0 Å². The number of carbonyl (C=O) groups is 2. The van der Waals surface area contributed by atoms with E-state index in [9.17, 15) is 9.59 Å². The Labute approximate surface area is 107 Å². The van der Waals surface area contributed by atoms with Crippen molar-refractivity contribution >= 4 is 24.2 Å². The molecule has 0 aliphatic carbocycles. The summed E-state index contributed by atoms with van der Waals surface area (Å²) in [6.07, 6.45) is 0. The highest BCUT2D eigenvalue weighted by Crippen LogP contribution is 2.22. The van der Waals surface area contributed by atoms with Crippen LogP contribution in [0, 0.1) is 0 Å². The van der Waals surface area contributed by atoms with E-state index < -0.39 is 0 Å². The lowest BCUT2D eigenvalue weighted by Gasteiger charge is -2.18. The SMILES string of the molecule is CCN1CN(C)C(C(=O)NC)=C1C(=O)NC.Cl. The van der Waals surface area contributed by atoms with Gasteiger partial charge in [0.25, 0.3) is 11.8 Å². The molecular formula is C10H19ClN4O2. The van der Waals surface area contributed by atoms with Crippen molar-refractivity contribution in [3.8, 4) is 0 Å². The molecule has 0 aromatic heterocycles. The van der Waals surface area contributed by atoms with E-state index in [4.69, 9.17) is 0 Å². The highest BCUT2D eigenvalue weighted by Gasteiger charge is 2.33. The molecule has 0 spiro atoms. The van der Waals surface area contributed by atoms with Crippen molar-refractivity contribution in [2.75, 3.05) is 34.4 Å². The van der Waals surface area contributed by atoms with Crippen LogP contribution in [0.1, 0.15) is 6.92 Å². The summed E-state index contributed by atoms with van der Waals surface area (Å²) in [6, 6.07) is 0. The summed E-state index contributed by atoms with van der Waals surface area (Å²) in [4.78, 5) is 27.1. The maximum Gasteiger partial charge on any atom is 0.269 e. The normalized spacial score (nSPS) is 14.6. The lowest BCUT2D eigenvalue weighted by atomic mass is 10.2. The van der Waals surface area contributed by atoms with Crippen LogP contribution < -0.4 is 10.6 Å². The second-order valence-corrected chi connectivity index (χ2v) is 3.55. The van der Waals surface area contributed by atoms with Crippen LogP contribution in [0.2, 0.25) is 0 Å². The van der Waals surface area contributed by atoms with Crippen LogP contribution in [0.3, 0.4) is 0 Å². The van der Waals surface area contributed by atoms with E-state index in [1.54, 1.807) is 26.0 Å². The largest absolute Gasteiger partial charge is 0.354 e. The summed E-state index contributed by atoms with van der Waals surface area (Å²) in [6.45, 7) is 3.19. The fourth-order valence-corrected chi connectivity index (χ4v) is 1.75. The lowest BCUT2D eigenvalue weighted by molar-refractivity contribution is -0.120. The fraction of sp³-hybridized carbons (Fsp3) is 0.600. The predicted molar refractivity (Wildman–Crippen MR) is 67.4 cm³/mol. The minimum absolute atomic E-state index is 0. The van der Waals surface area contributed by atoms with Crippen LogP contribution in [0.5, 0.6) is 0 Å². The van der Waals surface area contributed by atoms with E-state index >= 15 is 0 Å². The topological polar surface area (TPSA) is 64.7 Å². The Kier molecular flexibility index (Phi) is 5.81. The highest BCUT2D eigenvalue weighted by molar-refractivity contribution is 6.04. The van der Waals surface area contributed by atoms with Gasteiger partial charge >= 0.3 is 0 Å². The van der Waals surface area contributed by atoms with E-state index in [0.29, 0.717) is 24.6 Å². The molecule has 1 aliphatic heterocycles. The van der Waals surface area contributed by atoms with E-state index in [0.717, 1.165) is 0 Å². The Morgan fingerprint density at radius 2 is 1.65 bits per heavy atom. The highest BCUT2D eigenvalue weighted by atomic mass is 35.5. The first-order chi connectivity index (χ1) is 7.56. The Morgan fingerprint density at radius 3 is 2.06 bits per heavy atom. The average Bonchev–Trinajstić information content (AvgIpc) is 2.64. The molecule has 0 bridgehead atoms. The molecule has 0 saturated heterocycles. The summed E-state index contributed by atoms with van der Waals surface area (Å²) >= 11 is 0. The van der Waals surface area contributed by atoms with E-state index in [1.165, 1.54) is 0 Å². The molecule has 98 valence electrons. The number of amides is 2. The maximum absolute atomic E-state index is 11.7. The molecule has 2 amide bonds. The molecule has 0 fully saturated rings. The average molecular weight is 263 g/mol. The van der Waals surface area contributed by atoms with E-state index in [1.807, 2.05) is 11.8 Å². The molecule has 0 saturated carbocycles. The molecule has 0 aromatic rings. The first kappa shape index (κ1) is 15.6. The summed E-state index contributed by atoms with van der Waals surface area (Å²) in [5.74, 6) is -0.471. The van der Waals surface area contributed by atoms with Gasteiger partial charge in [0.15, 0.2) is 0 Å². The van der Waals surface area contributed by atoms with Gasteiger partial charge in [-0.3, -0.25) is 9.59 Å². The standard InChI is InChI=1S/C10H18N4O2.ClH/c1-5-14-6-13(4)7(9(15)11-2)8(14)10(16)12-3;/h5-6H2,1-4H3,(H,11,15)(H,12,16);1H. The van der Waals surface area contributed by atoms with Crippen molar-refractivity contribution in [2.45, 2.75) is 6.92 Å². The van der Waals surface area contributed by atoms with Gasteiger partial charge in [0.1, 0.15) is 11.4 Å². The number of rotatable bonds is 3. The third kappa shape index (κ3) is 2.82. The number of nitrogens with one attached hydrogen (secondary N) is 2. The van der Waals surface area contributed by atoms with Gasteiger partial charge in [-0.25, -0.2) is 0 Å². The van der Waals surface area contributed by atoms with Gasteiger partial charge in [-0.15, -0.1) is 12.4 Å². The second-order valence-electron chi connectivity index (χ2n) is 3.55. The molecule has 0 unspecified atom stereocenters. The quantitative estimate of drug-likeness (QED) is 0.709. The smallest absolute Gasteiger partial charge is 0.269 e. The van der Waals surface area contributed by atoms with Crippen LogP contribution >= 0.6 is 12.4 Å². The van der Waals surface area contributed by atoms with Gasteiger partial charge in [-0.1, -0.05) is 0 Å². The minimum atomic E-state index is -0.239. The van der Waals surface area contributed by atoms with Crippen LogP contribution in [-0.4, -0.2) is 56.0 Å². The van der Waals surface area contributed by atoms with Crippen LogP contribution in [0.25, 0.3) is 0 Å². The van der Waals surface area contributed by atoms with Crippen LogP contribution in [-0.2, 0) is 9.59 Å². The molecule has 6 nitrogen and oxygen atoms in total. The Morgan fingerprint density at radius 1 is 1.18 bits per heavy atom. The number of likely N-dealkylation sites (N-methyl/N-ethyl adjacent to an activating group) is 4. The number of nitrogens with zero attached hydrogens (tertiary/aromatic N) is 2. The van der Waals surface area contributed by atoms with Crippen LogP contribution in [0.15, 0.2) is 11.4 Å². The Balaban J connectivity index is 0.00000256. The molecule has 0 radical (unpaired) electrons. The van der Waals surface area contributed by atoms with Gasteiger partial charge in [-0.05, 0) is 6.92 Å². The number of hydrogen-bond donors (Lipinski definition) is 2. The van der Waals surface area contributed by atoms with Gasteiger partial charge in [0, 0.05) is 27.7 Å². The van der Waals surface area contributed by atoms with E-state index in [2.05, 4.69) is 10.6 Å². The third-order valence-electron chi connectivity index (χ3n) is 2.57. The first-order valence-electron chi connectivity index (χ1n) is 5.21. The van der Waals surface area contributed by atoms with Crippen molar-refractivity contribution in [1.82, 2.24) is 20.4 Å². The zero-order valence-electron chi connectivity index (χ0n) is 10.5. The first-order valence-corrected chi connectivity index (χ1v) is 5.21. The fourth-order valence-electron chi connectivity index (χ4n) is 1.75. The second kappa shape index (κ2) is 6.34. The predicted octanol–water partition coefficient (Wildman–Crippen LogP) is -0.663. The molecule has 0 aromatic carbocycles. The summed E-state index contributed by atoms with van der Waals surface area (Å²) < 4.78 is 0. The van der Waals surface area contributed by atoms with Crippen molar-refractivity contribution < 1.29 is 9.59 Å². The van der Waals surface area contributed by atoms with Crippen molar-refractivity contribution in [3.05, 3.63) is 11.4 Å². The molecule has 0 atom stereocenters. The van der Waals surface area contributed by atoms with Crippen molar-refractivity contribution in [1.29, 1.82) is 0 Å². The van der Waals surface area contributed by atoms with Crippen molar-refractivity contribution in [2.24, 2.45) is 0 Å². The molecule has 2 N–H and O–H groups in total. The summed E-state index contributed by atoms with van der Waals surface area (Å²) in [7, 11) is 4.91. The molecule has 7 heteroatoms. The third-order valence-corrected chi connectivity index (χ3v) is 2.57. The Hall–Kier alpha value is -1.43. The zero-order valence-corrected chi connectivity index (χ0v) is 11.3. The summed E-state index contributed by atoms with van der Waals surface area (Å²) in [5.41, 5.74) is 0.857. The van der Waals surface area contributed by atoms with Gasteiger partial charge < -0.3 is 20.4 Å². The number of carbonyl (C=O) groups excluding carboxylic acids is 2. The van der Waals surface area contributed by atoms with Gasteiger partial charge in [0.05, 0.1) is 6.67 Å². The lowest BCUT2D eigenvalue weighted by Crippen LogP contribution is -2.32. The number of halogens is 1. The molecule has 1 aliphatic rings. The number of hydrogen-bond acceptors (Lipinski definition) is 4.